The molecule has 0 aliphatic carbocycles. The molecule has 0 atom stereocenters. The number of phenolic OH excluding ortho intramolecular Hbond substituents is 5. The number of nitrogen functional groups attached to an aromatic ring is 2. The lowest BCUT2D eigenvalue weighted by molar-refractivity contribution is 0.112. The van der Waals surface area contributed by atoms with E-state index >= 15 is 0 Å². The zero-order valence-corrected chi connectivity index (χ0v) is 79.7. The molecule has 2 heterocycles. The smallest absolute Gasteiger partial charge is 0.153 e. The number of carbonyl (C=O) groups is 1. The number of hydrogen-bond donors (Lipinski definition) is 8. The number of thiol groups is 1. The summed E-state index contributed by atoms with van der Waals surface area (Å²) in [6.45, 7) is 28.7. The van der Waals surface area contributed by atoms with Gasteiger partial charge in [-0.05, 0) is 250 Å². The number of aldehydes is 1. The number of nitrogens with zero attached hydrogens (tertiary/aromatic N) is 3. The SMILES string of the molecule is CC(C)(C)c1ccc2c(c1)c1cc(C(C)(C)C)ccc1n2-c1cccc(C=Nc2ccccc2SCc2cc(Br)cc(Br)c2O)c1O.Cc1cc(C=O)c(O)c(-n2c3ccc(C(C)(C)C)cc3c3cc(C(C)(C)C)ccc32)c1.Nc1ccccc1S.Nc1ccccc1SCc1cc(Br)cc(Br)c1O.Oc1c(Br)cc(Br)cc1CBr. The van der Waals surface area contributed by atoms with Gasteiger partial charge in [-0.15, -0.1) is 36.2 Å². The number of aryl methyl sites for hydroxylation is 1. The van der Waals surface area contributed by atoms with E-state index in [0.717, 1.165) is 107 Å². The maximum Gasteiger partial charge on any atom is 0.153 e. The fourth-order valence-corrected chi connectivity index (χ4v) is 19.2. The van der Waals surface area contributed by atoms with Gasteiger partial charge in [-0.1, -0.05) is 214 Å². The third-order valence-electron chi connectivity index (χ3n) is 19.2. The molecule has 0 radical (unpaired) electrons. The normalized spacial score (nSPS) is 11.8. The highest BCUT2D eigenvalue weighted by Crippen LogP contribution is 2.45. The van der Waals surface area contributed by atoms with E-state index < -0.39 is 0 Å². The van der Waals surface area contributed by atoms with Crippen LogP contribution >= 0.6 is 148 Å². The Labute approximate surface area is 747 Å². The molecule has 0 saturated carbocycles. The van der Waals surface area contributed by atoms with Crippen molar-refractivity contribution in [2.24, 2.45) is 4.99 Å². The van der Waals surface area contributed by atoms with E-state index in [1.54, 1.807) is 35.8 Å². The average Bonchev–Trinajstić information content (AvgIpc) is 1.58. The first kappa shape index (κ1) is 89.9. The number of fused-ring (bicyclic) bond motifs is 6. The van der Waals surface area contributed by atoms with Crippen LogP contribution in [0.15, 0.2) is 259 Å². The summed E-state index contributed by atoms with van der Waals surface area (Å²) in [7, 11) is 0. The van der Waals surface area contributed by atoms with Crippen molar-refractivity contribution in [3.8, 4) is 40.1 Å². The summed E-state index contributed by atoms with van der Waals surface area (Å²) >= 11 is 30.8. The topological polar surface area (TPSA) is 192 Å². The number of aromatic hydroxyl groups is 5. The van der Waals surface area contributed by atoms with Crippen LogP contribution in [-0.2, 0) is 38.5 Å². The second-order valence-corrected chi connectivity index (χ2v) is 40.3. The van der Waals surface area contributed by atoms with Crippen molar-refractivity contribution in [3.63, 3.8) is 0 Å². The van der Waals surface area contributed by atoms with Crippen LogP contribution in [0.4, 0.5) is 17.1 Å². The van der Waals surface area contributed by atoms with E-state index in [1.807, 2.05) is 140 Å². The summed E-state index contributed by atoms with van der Waals surface area (Å²) in [6, 6.07) is 70.3. The summed E-state index contributed by atoms with van der Waals surface area (Å²) in [6.07, 6.45) is 2.45. The highest BCUT2D eigenvalue weighted by Gasteiger charge is 2.26. The van der Waals surface area contributed by atoms with Crippen LogP contribution in [0, 0.1) is 6.92 Å². The molecule has 0 aliphatic heterocycles. The number of para-hydroxylation sites is 4. The fraction of sp³-hybridized carbons (Fsp3) is 0.213. The Balaban J connectivity index is 0.000000174. The molecule has 14 aromatic rings. The molecule has 0 aliphatic rings. The second-order valence-electron chi connectivity index (χ2n) is 31.9. The number of nitrogens with two attached hydrogens (primary N) is 2. The van der Waals surface area contributed by atoms with E-state index in [-0.39, 0.29) is 44.7 Å². The monoisotopic (exact) mass is 2040 g/mol. The molecule has 0 amide bonds. The fourth-order valence-electron chi connectivity index (χ4n) is 12.7. The molecular weight excluding hydrogens is 1950 g/mol. The number of benzene rings is 12. The number of carbonyl (C=O) groups excluding carboxylic acids is 1. The van der Waals surface area contributed by atoms with Gasteiger partial charge in [0.15, 0.2) is 6.29 Å². The van der Waals surface area contributed by atoms with Crippen LogP contribution in [0.3, 0.4) is 0 Å². The molecule has 115 heavy (non-hydrogen) atoms. The number of halogens is 7. The van der Waals surface area contributed by atoms with Crippen LogP contribution in [0.5, 0.6) is 28.7 Å². The third kappa shape index (κ3) is 21.9. The van der Waals surface area contributed by atoms with Crippen molar-refractivity contribution in [1.82, 2.24) is 9.13 Å². The molecular formula is C94H92Br7N5O6S3. The minimum Gasteiger partial charge on any atom is -0.506 e. The van der Waals surface area contributed by atoms with E-state index in [4.69, 9.17) is 16.5 Å². The van der Waals surface area contributed by atoms with Gasteiger partial charge in [-0.3, -0.25) is 9.79 Å². The minimum absolute atomic E-state index is 0.00647. The molecule has 0 bridgehead atoms. The van der Waals surface area contributed by atoms with Crippen molar-refractivity contribution in [1.29, 1.82) is 0 Å². The van der Waals surface area contributed by atoms with E-state index in [9.17, 15) is 30.3 Å². The van der Waals surface area contributed by atoms with Crippen molar-refractivity contribution in [3.05, 3.63) is 295 Å². The van der Waals surface area contributed by atoms with Gasteiger partial charge in [0.25, 0.3) is 0 Å². The van der Waals surface area contributed by atoms with Gasteiger partial charge in [0.05, 0.1) is 58.1 Å². The lowest BCUT2D eigenvalue weighted by Crippen LogP contribution is -2.10. The van der Waals surface area contributed by atoms with Crippen molar-refractivity contribution < 1.29 is 30.3 Å². The third-order valence-corrected chi connectivity index (χ3v) is 25.7. The molecule has 14 rings (SSSR count). The number of alkyl halides is 1. The lowest BCUT2D eigenvalue weighted by Gasteiger charge is -2.19. The zero-order chi connectivity index (χ0) is 83.9. The van der Waals surface area contributed by atoms with Crippen LogP contribution in [0.25, 0.3) is 55.0 Å². The van der Waals surface area contributed by atoms with Gasteiger partial charge in [0.2, 0.25) is 0 Å². The van der Waals surface area contributed by atoms with Gasteiger partial charge in [0.1, 0.15) is 28.7 Å². The number of anilines is 2. The predicted octanol–water partition coefficient (Wildman–Crippen LogP) is 29.7. The van der Waals surface area contributed by atoms with Gasteiger partial charge in [-0.2, -0.15) is 0 Å². The lowest BCUT2D eigenvalue weighted by atomic mass is 9.85. The quantitative estimate of drug-likeness (QED) is 0.0146. The van der Waals surface area contributed by atoms with Gasteiger partial charge >= 0.3 is 0 Å². The molecule has 9 N–H and O–H groups in total. The first-order valence-corrected chi connectivity index (χ1v) is 45.1. The highest BCUT2D eigenvalue weighted by molar-refractivity contribution is 9.12. The van der Waals surface area contributed by atoms with E-state index in [1.165, 1.54) is 33.0 Å². The number of thioether (sulfide) groups is 2. The Morgan fingerprint density at radius 3 is 1.18 bits per heavy atom. The molecule has 596 valence electrons. The van der Waals surface area contributed by atoms with Crippen molar-refractivity contribution >= 4 is 221 Å². The number of hydrogen-bond acceptors (Lipinski definition) is 12. The van der Waals surface area contributed by atoms with Crippen LogP contribution in [0.1, 0.15) is 144 Å². The van der Waals surface area contributed by atoms with Crippen molar-refractivity contribution in [2.75, 3.05) is 11.5 Å². The second kappa shape index (κ2) is 38.1. The van der Waals surface area contributed by atoms with Crippen molar-refractivity contribution in [2.45, 2.75) is 143 Å². The van der Waals surface area contributed by atoms with Gasteiger partial charge in [-0.25, -0.2) is 0 Å². The summed E-state index contributed by atoms with van der Waals surface area (Å²) < 4.78 is 9.08. The average molecular weight is 2040 g/mol. The minimum atomic E-state index is 0.00647. The Kier molecular flexibility index (Phi) is 29.8. The standard InChI is InChI=1S/C40H38Br2N2O2S.C28H31NO2.C13H11Br2NOS.C7H5Br3O.C6H7NS/c1-39(2,3)26-14-16-33-29(19-26)30-20-27(40(4,5)6)15-17-34(30)44(33)35-12-9-10-24(38(35)46)22-43-32-11-7-8-13-36(32)47-23-25-18-28(41)21-31(42)37(25)45;1-17-12-18(16-30)26(31)25(13-17)29-23-10-8-19(27(2,3)4)14-21(23)22-15-20(28(5,6)7)9-11-24(22)29;14-9-5-8(13(17)10(15)6-9)7-18-12-4-2-1-3-11(12)16;8-3-4-1-5(9)2-6(10)7(4)11;7-5-3-1-2-4-6(5)8/h7-22,45-46H,23H2,1-6H3;8-16,31H,1-7H3;1-6,17H,7,16H2;1-2,11H,3H2;1-4,8H,7H2. The highest BCUT2D eigenvalue weighted by atomic mass is 79.9. The Morgan fingerprint density at radius 2 is 0.783 bits per heavy atom. The Morgan fingerprint density at radius 1 is 0.409 bits per heavy atom. The molecule has 21 heteroatoms. The molecule has 0 unspecified atom stereocenters. The number of aromatic nitrogens is 2. The zero-order valence-electron chi connectivity index (χ0n) is 66.0. The summed E-state index contributed by atoms with van der Waals surface area (Å²) in [5.74, 6) is 2.22. The number of aliphatic imine (C=N–C) groups is 1. The Bertz CT molecular complexity index is 5810. The first-order chi connectivity index (χ1) is 54.2. The van der Waals surface area contributed by atoms with E-state index in [0.29, 0.717) is 58.5 Å². The molecule has 2 aromatic heterocycles. The molecule has 11 nitrogen and oxygen atoms in total. The summed E-state index contributed by atoms with van der Waals surface area (Å²) in [5.41, 5.74) is 28.6. The van der Waals surface area contributed by atoms with Gasteiger partial charge in [0, 0.05) is 106 Å². The largest absolute Gasteiger partial charge is 0.506 e. The van der Waals surface area contributed by atoms with E-state index in [2.05, 4.69) is 289 Å². The molecule has 0 fully saturated rings. The molecule has 0 saturated heterocycles. The maximum absolute atomic E-state index is 11.8. The van der Waals surface area contributed by atoms with Crippen LogP contribution in [0.2, 0.25) is 0 Å². The maximum atomic E-state index is 11.8. The summed E-state index contributed by atoms with van der Waals surface area (Å²) in [5, 5.41) is 57.9. The van der Waals surface area contributed by atoms with Crippen LogP contribution < -0.4 is 11.5 Å². The Hall–Kier alpha value is -7.41. The number of rotatable bonds is 12. The molecule has 12 aromatic carbocycles. The molecule has 0 spiro atoms. The summed E-state index contributed by atoms with van der Waals surface area (Å²) in [4.78, 5) is 19.2. The predicted molar refractivity (Wildman–Crippen MR) is 515 cm³/mol. The number of phenols is 5. The first-order valence-electron chi connectivity index (χ1n) is 36.8. The van der Waals surface area contributed by atoms with Crippen LogP contribution in [-0.4, -0.2) is 47.2 Å². The van der Waals surface area contributed by atoms with Gasteiger partial charge < -0.3 is 46.1 Å².